The molecule has 0 aliphatic heterocycles. The van der Waals surface area contributed by atoms with Crippen molar-refractivity contribution in [1.82, 2.24) is 0 Å². The predicted octanol–water partition coefficient (Wildman–Crippen LogP) is 3.88. The van der Waals surface area contributed by atoms with Crippen LogP contribution in [0, 0.1) is 24.1 Å². The zero-order valence-electron chi connectivity index (χ0n) is 10.5. The molecule has 0 fully saturated rings. The van der Waals surface area contributed by atoms with Crippen molar-refractivity contribution in [3.05, 3.63) is 58.9 Å². The Hall–Kier alpha value is -1.99. The van der Waals surface area contributed by atoms with E-state index in [2.05, 4.69) is 0 Å². The zero-order chi connectivity index (χ0) is 13.8. The Kier molecular flexibility index (Phi) is 4.08. The lowest BCUT2D eigenvalue weighted by Gasteiger charge is -2.08. The number of thioether (sulfide) groups is 1. The van der Waals surface area contributed by atoms with Crippen molar-refractivity contribution >= 4 is 17.4 Å². The highest BCUT2D eigenvalue weighted by molar-refractivity contribution is 7.98. The summed E-state index contributed by atoms with van der Waals surface area (Å²) >= 11 is 1.49. The van der Waals surface area contributed by atoms with Gasteiger partial charge in [-0.25, -0.2) is 4.39 Å². The molecule has 0 radical (unpaired) electrons. The SMILES string of the molecule is Cc1cccc(SCc2ccc(C#N)cc2F)c1N. The number of hydrogen-bond donors (Lipinski definition) is 1. The topological polar surface area (TPSA) is 49.8 Å². The van der Waals surface area contributed by atoms with E-state index in [9.17, 15) is 4.39 Å². The van der Waals surface area contributed by atoms with Crippen LogP contribution in [-0.2, 0) is 5.75 Å². The van der Waals surface area contributed by atoms with Crippen LogP contribution in [0.5, 0.6) is 0 Å². The number of nitriles is 1. The summed E-state index contributed by atoms with van der Waals surface area (Å²) in [5.41, 5.74) is 8.64. The summed E-state index contributed by atoms with van der Waals surface area (Å²) in [4.78, 5) is 0.948. The molecule has 0 saturated carbocycles. The molecule has 2 aromatic rings. The first-order valence-corrected chi connectivity index (χ1v) is 6.77. The number of rotatable bonds is 3. The van der Waals surface area contributed by atoms with Crippen molar-refractivity contribution < 1.29 is 4.39 Å². The third kappa shape index (κ3) is 3.07. The second-order valence-corrected chi connectivity index (χ2v) is 5.21. The molecule has 2 aromatic carbocycles. The molecule has 0 atom stereocenters. The molecule has 0 spiro atoms. The average Bonchev–Trinajstić information content (AvgIpc) is 2.41. The van der Waals surface area contributed by atoms with E-state index >= 15 is 0 Å². The molecular formula is C15H13FN2S. The first-order chi connectivity index (χ1) is 9.11. The normalized spacial score (nSPS) is 10.2. The lowest BCUT2D eigenvalue weighted by Crippen LogP contribution is -1.93. The van der Waals surface area contributed by atoms with Gasteiger partial charge in [-0.1, -0.05) is 18.2 Å². The van der Waals surface area contributed by atoms with Crippen LogP contribution in [0.3, 0.4) is 0 Å². The number of para-hydroxylation sites is 1. The van der Waals surface area contributed by atoms with Crippen LogP contribution in [0.25, 0.3) is 0 Å². The lowest BCUT2D eigenvalue weighted by atomic mass is 10.1. The number of halogens is 1. The summed E-state index contributed by atoms with van der Waals surface area (Å²) in [6.07, 6.45) is 0. The summed E-state index contributed by atoms with van der Waals surface area (Å²) in [7, 11) is 0. The second-order valence-electron chi connectivity index (χ2n) is 4.19. The third-order valence-corrected chi connectivity index (χ3v) is 3.97. The number of nitrogens with zero attached hydrogens (tertiary/aromatic N) is 1. The summed E-state index contributed by atoms with van der Waals surface area (Å²) in [6, 6.07) is 12.3. The molecule has 0 aromatic heterocycles. The van der Waals surface area contributed by atoms with Gasteiger partial charge in [-0.3, -0.25) is 0 Å². The van der Waals surface area contributed by atoms with Crippen LogP contribution in [-0.4, -0.2) is 0 Å². The van der Waals surface area contributed by atoms with E-state index in [-0.39, 0.29) is 5.82 Å². The Bertz CT molecular complexity index is 647. The molecule has 0 heterocycles. The molecule has 19 heavy (non-hydrogen) atoms. The highest BCUT2D eigenvalue weighted by Gasteiger charge is 2.07. The minimum Gasteiger partial charge on any atom is -0.398 e. The van der Waals surface area contributed by atoms with Gasteiger partial charge in [0, 0.05) is 16.3 Å². The highest BCUT2D eigenvalue weighted by atomic mass is 32.2. The summed E-state index contributed by atoms with van der Waals surface area (Å²) in [5, 5.41) is 8.69. The van der Waals surface area contributed by atoms with Crippen molar-refractivity contribution in [2.24, 2.45) is 0 Å². The summed E-state index contributed by atoms with van der Waals surface area (Å²) in [5.74, 6) is 0.142. The summed E-state index contributed by atoms with van der Waals surface area (Å²) in [6.45, 7) is 1.95. The fourth-order valence-electron chi connectivity index (χ4n) is 1.67. The molecule has 2 nitrogen and oxygen atoms in total. The predicted molar refractivity (Wildman–Crippen MR) is 76.3 cm³/mol. The maximum Gasteiger partial charge on any atom is 0.128 e. The van der Waals surface area contributed by atoms with Gasteiger partial charge >= 0.3 is 0 Å². The van der Waals surface area contributed by atoms with Crippen molar-refractivity contribution in [2.75, 3.05) is 5.73 Å². The second kappa shape index (κ2) is 5.77. The first kappa shape index (κ1) is 13.4. The number of nitrogen functional groups attached to an aromatic ring is 1. The molecule has 0 unspecified atom stereocenters. The molecule has 2 N–H and O–H groups in total. The monoisotopic (exact) mass is 272 g/mol. The Morgan fingerprint density at radius 2 is 2.11 bits per heavy atom. The molecule has 96 valence electrons. The van der Waals surface area contributed by atoms with Gasteiger partial charge in [0.05, 0.1) is 11.6 Å². The van der Waals surface area contributed by atoms with E-state index in [0.29, 0.717) is 16.9 Å². The van der Waals surface area contributed by atoms with E-state index in [1.807, 2.05) is 31.2 Å². The molecule has 4 heteroatoms. The van der Waals surface area contributed by atoms with E-state index in [0.717, 1.165) is 16.1 Å². The zero-order valence-corrected chi connectivity index (χ0v) is 11.3. The number of hydrogen-bond acceptors (Lipinski definition) is 3. The van der Waals surface area contributed by atoms with E-state index in [4.69, 9.17) is 11.0 Å². The minimum absolute atomic E-state index is 0.335. The van der Waals surface area contributed by atoms with Crippen molar-refractivity contribution in [3.8, 4) is 6.07 Å². The molecule has 0 saturated heterocycles. The van der Waals surface area contributed by atoms with Gasteiger partial charge < -0.3 is 5.73 Å². The Morgan fingerprint density at radius 3 is 2.79 bits per heavy atom. The first-order valence-electron chi connectivity index (χ1n) is 5.78. The molecule has 0 aliphatic rings. The third-order valence-electron chi connectivity index (χ3n) is 2.85. The van der Waals surface area contributed by atoms with Gasteiger partial charge in [0.15, 0.2) is 0 Å². The van der Waals surface area contributed by atoms with Crippen LogP contribution in [0.1, 0.15) is 16.7 Å². The van der Waals surface area contributed by atoms with E-state index < -0.39 is 0 Å². The molecule has 0 bridgehead atoms. The van der Waals surface area contributed by atoms with Crippen LogP contribution in [0.15, 0.2) is 41.3 Å². The van der Waals surface area contributed by atoms with Crippen LogP contribution >= 0.6 is 11.8 Å². The Labute approximate surface area is 116 Å². The number of aryl methyl sites for hydroxylation is 1. The molecule has 2 rings (SSSR count). The minimum atomic E-state index is -0.349. The van der Waals surface area contributed by atoms with Crippen LogP contribution in [0.2, 0.25) is 0 Å². The fourth-order valence-corrected chi connectivity index (χ4v) is 2.71. The lowest BCUT2D eigenvalue weighted by molar-refractivity contribution is 0.617. The van der Waals surface area contributed by atoms with E-state index in [1.54, 1.807) is 12.1 Å². The fraction of sp³-hybridized carbons (Fsp3) is 0.133. The van der Waals surface area contributed by atoms with Crippen molar-refractivity contribution in [1.29, 1.82) is 5.26 Å². The Balaban J connectivity index is 2.15. The number of benzene rings is 2. The van der Waals surface area contributed by atoms with Crippen LogP contribution in [0.4, 0.5) is 10.1 Å². The highest BCUT2D eigenvalue weighted by Crippen LogP contribution is 2.30. The van der Waals surface area contributed by atoms with Gasteiger partial charge in [-0.15, -0.1) is 11.8 Å². The number of nitrogens with two attached hydrogens (primary N) is 1. The maximum atomic E-state index is 13.7. The summed E-state index contributed by atoms with van der Waals surface area (Å²) < 4.78 is 13.7. The van der Waals surface area contributed by atoms with Crippen molar-refractivity contribution in [3.63, 3.8) is 0 Å². The standard InChI is InChI=1S/C15H13FN2S/c1-10-3-2-4-14(15(10)18)19-9-12-6-5-11(8-17)7-13(12)16/h2-7H,9,18H2,1H3. The molecule has 0 aliphatic carbocycles. The quantitative estimate of drug-likeness (QED) is 0.681. The molecule has 0 amide bonds. The van der Waals surface area contributed by atoms with Gasteiger partial charge in [0.25, 0.3) is 0 Å². The Morgan fingerprint density at radius 1 is 1.32 bits per heavy atom. The average molecular weight is 272 g/mol. The van der Waals surface area contributed by atoms with Crippen LogP contribution < -0.4 is 5.73 Å². The maximum absolute atomic E-state index is 13.7. The van der Waals surface area contributed by atoms with Gasteiger partial charge in [-0.05, 0) is 36.2 Å². The largest absolute Gasteiger partial charge is 0.398 e. The smallest absolute Gasteiger partial charge is 0.128 e. The van der Waals surface area contributed by atoms with Gasteiger partial charge in [-0.2, -0.15) is 5.26 Å². The van der Waals surface area contributed by atoms with Gasteiger partial charge in [0.2, 0.25) is 0 Å². The molecular weight excluding hydrogens is 259 g/mol. The number of anilines is 1. The van der Waals surface area contributed by atoms with Gasteiger partial charge in [0.1, 0.15) is 5.82 Å². The van der Waals surface area contributed by atoms with E-state index in [1.165, 1.54) is 17.8 Å². The van der Waals surface area contributed by atoms with Crippen molar-refractivity contribution in [2.45, 2.75) is 17.6 Å².